The smallest absolute Gasteiger partial charge is 0.310 e. The summed E-state index contributed by atoms with van der Waals surface area (Å²) in [5.41, 5.74) is 7.96. The second-order valence-corrected chi connectivity index (χ2v) is 7.89. The number of aromatic nitrogens is 1. The number of hydrogen-bond acceptors (Lipinski definition) is 5. The molecule has 4 rings (SSSR count). The van der Waals surface area contributed by atoms with Gasteiger partial charge in [-0.3, -0.25) is 14.6 Å². The average molecular weight is 518 g/mol. The van der Waals surface area contributed by atoms with Crippen molar-refractivity contribution in [3.8, 4) is 0 Å². The maximum absolute atomic E-state index is 14.7. The van der Waals surface area contributed by atoms with Gasteiger partial charge < -0.3 is 15.8 Å². The Balaban J connectivity index is 0.00000121. The molecule has 7 heteroatoms. The van der Waals surface area contributed by atoms with Gasteiger partial charge in [-0.25, -0.2) is 4.39 Å². The first-order chi connectivity index (χ1) is 18.5. The zero-order valence-corrected chi connectivity index (χ0v) is 22.4. The summed E-state index contributed by atoms with van der Waals surface area (Å²) in [6.45, 7) is 7.82. The molecule has 1 heterocycles. The highest BCUT2D eigenvalue weighted by atomic mass is 19.1. The van der Waals surface area contributed by atoms with Crippen LogP contribution in [-0.2, 0) is 27.4 Å². The zero-order valence-electron chi connectivity index (χ0n) is 22.4. The standard InChI is InChI=1S/C27H24FN3O3.2C2H6/c28-25-14-20(6-7-22(25)17-34-26(32)12-18-4-2-1-3-5-18)24(15-29)27(33)31-23-9-8-21-16-30-11-10-19(21)13-23;2*1-2/h1-11,13-14,16,24H,12,15,17,29H2,(H,31,33);2*1-2H3. The van der Waals surface area contributed by atoms with Crippen molar-refractivity contribution in [2.45, 2.75) is 46.6 Å². The van der Waals surface area contributed by atoms with Crippen molar-refractivity contribution in [1.82, 2.24) is 4.98 Å². The molecule has 3 N–H and O–H groups in total. The first-order valence-corrected chi connectivity index (χ1v) is 12.9. The first-order valence-electron chi connectivity index (χ1n) is 12.9. The first kappa shape index (κ1) is 30.1. The molecule has 0 saturated carbocycles. The fourth-order valence-electron chi connectivity index (χ4n) is 3.65. The van der Waals surface area contributed by atoms with Crippen LogP contribution in [0.15, 0.2) is 85.2 Å². The van der Waals surface area contributed by atoms with E-state index in [1.54, 1.807) is 24.5 Å². The number of carbonyl (C=O) groups excluding carboxylic acids is 2. The molecule has 4 aromatic rings. The number of nitrogens with one attached hydrogen (secondary N) is 1. The highest BCUT2D eigenvalue weighted by Gasteiger charge is 2.21. The van der Waals surface area contributed by atoms with Gasteiger partial charge in [-0.1, -0.05) is 76.2 Å². The van der Waals surface area contributed by atoms with Gasteiger partial charge in [0.05, 0.1) is 12.3 Å². The lowest BCUT2D eigenvalue weighted by molar-refractivity contribution is -0.144. The van der Waals surface area contributed by atoms with E-state index in [1.807, 2.05) is 76.2 Å². The molecule has 0 bridgehead atoms. The van der Waals surface area contributed by atoms with Crippen LogP contribution in [0.2, 0.25) is 0 Å². The summed E-state index contributed by atoms with van der Waals surface area (Å²) in [4.78, 5) is 29.0. The van der Waals surface area contributed by atoms with Crippen molar-refractivity contribution in [2.75, 3.05) is 11.9 Å². The lowest BCUT2D eigenvalue weighted by Crippen LogP contribution is -2.27. The number of nitrogens with zero attached hydrogens (tertiary/aromatic N) is 1. The molecule has 1 unspecified atom stereocenters. The summed E-state index contributed by atoms with van der Waals surface area (Å²) < 4.78 is 19.9. The van der Waals surface area contributed by atoms with Crippen LogP contribution in [0.3, 0.4) is 0 Å². The summed E-state index contributed by atoms with van der Waals surface area (Å²) in [6, 6.07) is 20.9. The average Bonchev–Trinajstić information content (AvgIpc) is 2.95. The number of rotatable bonds is 8. The second kappa shape index (κ2) is 15.9. The number of hydrogen-bond donors (Lipinski definition) is 2. The molecule has 1 atom stereocenters. The van der Waals surface area contributed by atoms with Crippen LogP contribution in [-0.4, -0.2) is 23.4 Å². The monoisotopic (exact) mass is 517 g/mol. The van der Waals surface area contributed by atoms with Gasteiger partial charge in [-0.2, -0.15) is 0 Å². The van der Waals surface area contributed by atoms with E-state index in [2.05, 4.69) is 10.3 Å². The minimum atomic E-state index is -0.739. The van der Waals surface area contributed by atoms with E-state index in [1.165, 1.54) is 12.1 Å². The van der Waals surface area contributed by atoms with Crippen LogP contribution in [0.25, 0.3) is 10.8 Å². The molecule has 0 saturated heterocycles. The number of ether oxygens (including phenoxy) is 1. The summed E-state index contributed by atoms with van der Waals surface area (Å²) >= 11 is 0. The van der Waals surface area contributed by atoms with Gasteiger partial charge in [0.2, 0.25) is 5.91 Å². The molecule has 0 aliphatic rings. The van der Waals surface area contributed by atoms with Crippen LogP contribution >= 0.6 is 0 Å². The van der Waals surface area contributed by atoms with Crippen LogP contribution in [0.1, 0.15) is 50.3 Å². The van der Waals surface area contributed by atoms with Gasteiger partial charge in [-0.05, 0) is 40.8 Å². The number of nitrogens with two attached hydrogens (primary N) is 1. The molecular weight excluding hydrogens is 481 g/mol. The third kappa shape index (κ3) is 8.49. The molecule has 200 valence electrons. The van der Waals surface area contributed by atoms with Crippen molar-refractivity contribution in [1.29, 1.82) is 0 Å². The zero-order chi connectivity index (χ0) is 27.9. The Hall–Kier alpha value is -4.10. The van der Waals surface area contributed by atoms with Gasteiger partial charge in [-0.15, -0.1) is 0 Å². The van der Waals surface area contributed by atoms with Crippen molar-refractivity contribution in [3.63, 3.8) is 0 Å². The van der Waals surface area contributed by atoms with Gasteiger partial charge in [0.15, 0.2) is 0 Å². The summed E-state index contributed by atoms with van der Waals surface area (Å²) in [6.07, 6.45) is 3.54. The number of benzene rings is 3. The minimum absolute atomic E-state index is 0.00812. The second-order valence-electron chi connectivity index (χ2n) is 7.89. The number of esters is 1. The summed E-state index contributed by atoms with van der Waals surface area (Å²) in [7, 11) is 0. The SMILES string of the molecule is CC.CC.NCC(C(=O)Nc1ccc2cnccc2c1)c1ccc(COC(=O)Cc2ccccc2)c(F)c1. The molecule has 6 nitrogen and oxygen atoms in total. The Labute approximate surface area is 224 Å². The molecule has 0 fully saturated rings. The fraction of sp³-hybridized carbons (Fsp3) is 0.258. The molecule has 0 spiro atoms. The maximum Gasteiger partial charge on any atom is 0.310 e. The maximum atomic E-state index is 14.7. The Morgan fingerprint density at radius 3 is 2.37 bits per heavy atom. The van der Waals surface area contributed by atoms with E-state index in [4.69, 9.17) is 10.5 Å². The fourth-order valence-corrected chi connectivity index (χ4v) is 3.65. The summed E-state index contributed by atoms with van der Waals surface area (Å²) in [5, 5.41) is 4.75. The lowest BCUT2D eigenvalue weighted by Gasteiger charge is -2.17. The van der Waals surface area contributed by atoms with Gasteiger partial charge >= 0.3 is 5.97 Å². The van der Waals surface area contributed by atoms with E-state index < -0.39 is 17.7 Å². The molecule has 3 aromatic carbocycles. The largest absolute Gasteiger partial charge is 0.460 e. The Bertz CT molecular complexity index is 1310. The van der Waals surface area contributed by atoms with E-state index in [0.717, 1.165) is 16.3 Å². The Kier molecular flexibility index (Phi) is 12.6. The third-order valence-electron chi connectivity index (χ3n) is 5.52. The van der Waals surface area contributed by atoms with E-state index in [9.17, 15) is 14.0 Å². The molecule has 1 aromatic heterocycles. The topological polar surface area (TPSA) is 94.3 Å². The molecule has 1 amide bonds. The van der Waals surface area contributed by atoms with Crippen molar-refractivity contribution in [3.05, 3.63) is 108 Å². The Morgan fingerprint density at radius 2 is 1.68 bits per heavy atom. The Morgan fingerprint density at radius 1 is 0.947 bits per heavy atom. The van der Waals surface area contributed by atoms with Gasteiger partial charge in [0, 0.05) is 35.6 Å². The number of pyridine rings is 1. The molecule has 38 heavy (non-hydrogen) atoms. The van der Waals surface area contributed by atoms with Crippen molar-refractivity contribution < 1.29 is 18.7 Å². The summed E-state index contributed by atoms with van der Waals surface area (Å²) in [5.74, 6) is -2.08. The van der Waals surface area contributed by atoms with Crippen LogP contribution in [0.5, 0.6) is 0 Å². The van der Waals surface area contributed by atoms with E-state index in [0.29, 0.717) is 11.3 Å². The molecule has 0 aliphatic heterocycles. The van der Waals surface area contributed by atoms with Gasteiger partial charge in [0.25, 0.3) is 0 Å². The van der Waals surface area contributed by atoms with Crippen LogP contribution < -0.4 is 11.1 Å². The highest BCUT2D eigenvalue weighted by molar-refractivity contribution is 5.98. The van der Waals surface area contributed by atoms with E-state index in [-0.39, 0.29) is 31.0 Å². The number of amides is 1. The number of fused-ring (bicyclic) bond motifs is 1. The van der Waals surface area contributed by atoms with Gasteiger partial charge in [0.1, 0.15) is 12.4 Å². The third-order valence-corrected chi connectivity index (χ3v) is 5.52. The van der Waals surface area contributed by atoms with E-state index >= 15 is 0 Å². The predicted molar refractivity (Wildman–Crippen MR) is 151 cm³/mol. The predicted octanol–water partition coefficient (Wildman–Crippen LogP) is 6.39. The molecule has 0 aliphatic carbocycles. The van der Waals surface area contributed by atoms with Crippen molar-refractivity contribution >= 4 is 28.3 Å². The number of carbonyl (C=O) groups is 2. The molecular formula is C31H36FN3O3. The lowest BCUT2D eigenvalue weighted by atomic mass is 9.96. The normalized spacial score (nSPS) is 10.8. The molecule has 0 radical (unpaired) electrons. The quantitative estimate of drug-likeness (QED) is 0.264. The van der Waals surface area contributed by atoms with Crippen LogP contribution in [0.4, 0.5) is 10.1 Å². The highest BCUT2D eigenvalue weighted by Crippen LogP contribution is 2.23. The number of halogens is 1. The van der Waals surface area contributed by atoms with Crippen molar-refractivity contribution in [2.24, 2.45) is 5.73 Å². The van der Waals surface area contributed by atoms with Crippen LogP contribution in [0, 0.1) is 5.82 Å². The minimum Gasteiger partial charge on any atom is -0.460 e. The number of anilines is 1.